The van der Waals surface area contributed by atoms with Gasteiger partial charge in [-0.3, -0.25) is 10.1 Å². The molecule has 0 amide bonds. The monoisotopic (exact) mass is 263 g/mol. The summed E-state index contributed by atoms with van der Waals surface area (Å²) < 4.78 is 0.773. The van der Waals surface area contributed by atoms with Crippen molar-refractivity contribution in [2.45, 2.75) is 6.42 Å². The van der Waals surface area contributed by atoms with Gasteiger partial charge in [0.2, 0.25) is 6.54 Å². The van der Waals surface area contributed by atoms with Crippen molar-refractivity contribution >= 4 is 27.5 Å². The van der Waals surface area contributed by atoms with E-state index in [1.165, 1.54) is 0 Å². The molecule has 0 radical (unpaired) electrons. The third-order valence-electron chi connectivity index (χ3n) is 1.57. The third kappa shape index (κ3) is 3.32. The maximum absolute atomic E-state index is 10.1. The fourth-order valence-corrected chi connectivity index (χ4v) is 1.46. The number of nitro groups is 1. The van der Waals surface area contributed by atoms with Gasteiger partial charge in [-0.15, -0.1) is 0 Å². The van der Waals surface area contributed by atoms with Gasteiger partial charge in [0, 0.05) is 15.8 Å². The molecule has 0 aliphatic carbocycles. The van der Waals surface area contributed by atoms with E-state index in [0.717, 1.165) is 10.0 Å². The molecule has 0 aliphatic rings. The zero-order valence-corrected chi connectivity index (χ0v) is 9.01. The van der Waals surface area contributed by atoms with E-state index in [-0.39, 0.29) is 11.5 Å². The number of halogens is 2. The summed E-state index contributed by atoms with van der Waals surface area (Å²) in [7, 11) is 0. The largest absolute Gasteiger partial charge is 0.265 e. The first-order valence-electron chi connectivity index (χ1n) is 3.65. The van der Waals surface area contributed by atoms with Crippen molar-refractivity contribution in [3.63, 3.8) is 0 Å². The van der Waals surface area contributed by atoms with Gasteiger partial charge in [0.05, 0.1) is 5.02 Å². The highest BCUT2D eigenvalue weighted by molar-refractivity contribution is 9.10. The van der Waals surface area contributed by atoms with Crippen LogP contribution in [0.3, 0.4) is 0 Å². The van der Waals surface area contributed by atoms with E-state index in [4.69, 9.17) is 11.6 Å². The Labute approximate surface area is 89.0 Å². The molecule has 0 saturated carbocycles. The molecule has 0 spiro atoms. The molecular formula is C8H7BrClNO2. The summed E-state index contributed by atoms with van der Waals surface area (Å²) in [5, 5.41) is 10.7. The van der Waals surface area contributed by atoms with Gasteiger partial charge in [-0.05, 0) is 33.6 Å². The highest BCUT2D eigenvalue weighted by atomic mass is 79.9. The maximum Gasteiger partial charge on any atom is 0.207 e. The minimum absolute atomic E-state index is 0.0475. The van der Waals surface area contributed by atoms with Gasteiger partial charge >= 0.3 is 0 Å². The van der Waals surface area contributed by atoms with E-state index >= 15 is 0 Å². The van der Waals surface area contributed by atoms with Crippen molar-refractivity contribution in [3.05, 3.63) is 43.4 Å². The van der Waals surface area contributed by atoms with E-state index < -0.39 is 0 Å². The van der Waals surface area contributed by atoms with Gasteiger partial charge < -0.3 is 0 Å². The van der Waals surface area contributed by atoms with E-state index in [2.05, 4.69) is 15.9 Å². The van der Waals surface area contributed by atoms with Crippen LogP contribution in [-0.2, 0) is 6.42 Å². The van der Waals surface area contributed by atoms with Gasteiger partial charge in [-0.1, -0.05) is 17.7 Å². The van der Waals surface area contributed by atoms with Crippen LogP contribution in [0.25, 0.3) is 0 Å². The first-order valence-corrected chi connectivity index (χ1v) is 4.82. The minimum atomic E-state index is -0.331. The van der Waals surface area contributed by atoms with Crippen LogP contribution in [0.5, 0.6) is 0 Å². The predicted octanol–water partition coefficient (Wildman–Crippen LogP) is 2.92. The van der Waals surface area contributed by atoms with Gasteiger partial charge in [0.1, 0.15) is 0 Å². The van der Waals surface area contributed by atoms with E-state index in [0.29, 0.717) is 11.4 Å². The topological polar surface area (TPSA) is 43.1 Å². The van der Waals surface area contributed by atoms with Crippen LogP contribution in [0.4, 0.5) is 0 Å². The summed E-state index contributed by atoms with van der Waals surface area (Å²) in [4.78, 5) is 9.76. The van der Waals surface area contributed by atoms with Crippen LogP contribution < -0.4 is 0 Å². The molecule has 0 heterocycles. The Bertz CT molecular complexity index is 330. The molecule has 1 aromatic carbocycles. The molecule has 0 aromatic heterocycles. The molecule has 0 fully saturated rings. The summed E-state index contributed by atoms with van der Waals surface area (Å²) in [6, 6.07) is 5.31. The molecule has 0 unspecified atom stereocenters. The quantitative estimate of drug-likeness (QED) is 0.622. The van der Waals surface area contributed by atoms with Crippen molar-refractivity contribution in [2.75, 3.05) is 6.54 Å². The smallest absolute Gasteiger partial charge is 0.207 e. The van der Waals surface area contributed by atoms with Crippen molar-refractivity contribution in [3.8, 4) is 0 Å². The highest BCUT2D eigenvalue weighted by Gasteiger charge is 2.02. The molecule has 0 aliphatic heterocycles. The number of rotatable bonds is 3. The third-order valence-corrected chi connectivity index (χ3v) is 2.78. The Morgan fingerprint density at radius 3 is 2.77 bits per heavy atom. The lowest BCUT2D eigenvalue weighted by Gasteiger charge is -1.99. The standard InChI is InChI=1S/C8H7BrClNO2/c9-7-5-6(1-2-8(7)10)3-4-11(12)13/h1-2,5H,3-4H2. The molecule has 0 atom stereocenters. The van der Waals surface area contributed by atoms with E-state index in [1.54, 1.807) is 18.2 Å². The van der Waals surface area contributed by atoms with Gasteiger partial charge in [-0.25, -0.2) is 0 Å². The van der Waals surface area contributed by atoms with Crippen LogP contribution in [0.15, 0.2) is 22.7 Å². The molecule has 1 rings (SSSR count). The lowest BCUT2D eigenvalue weighted by Crippen LogP contribution is -2.03. The van der Waals surface area contributed by atoms with Crippen LogP contribution in [-0.4, -0.2) is 11.5 Å². The van der Waals surface area contributed by atoms with Crippen molar-refractivity contribution in [2.24, 2.45) is 0 Å². The molecule has 3 nitrogen and oxygen atoms in total. The Morgan fingerprint density at radius 1 is 1.54 bits per heavy atom. The van der Waals surface area contributed by atoms with Crippen molar-refractivity contribution < 1.29 is 4.92 Å². The molecule has 5 heteroatoms. The van der Waals surface area contributed by atoms with Crippen LogP contribution in [0.1, 0.15) is 5.56 Å². The maximum atomic E-state index is 10.1. The van der Waals surface area contributed by atoms with Crippen LogP contribution in [0, 0.1) is 10.1 Å². The predicted molar refractivity (Wildman–Crippen MR) is 54.7 cm³/mol. The van der Waals surface area contributed by atoms with E-state index in [9.17, 15) is 10.1 Å². The summed E-state index contributed by atoms with van der Waals surface area (Å²) in [6.45, 7) is -0.0475. The van der Waals surface area contributed by atoms with Gasteiger partial charge in [0.15, 0.2) is 0 Å². The normalized spacial score (nSPS) is 10.0. The molecule has 1 aromatic rings. The minimum Gasteiger partial charge on any atom is -0.265 e. The first kappa shape index (κ1) is 10.5. The van der Waals surface area contributed by atoms with Crippen LogP contribution in [0.2, 0.25) is 5.02 Å². The Kier molecular flexibility index (Phi) is 3.69. The highest BCUT2D eigenvalue weighted by Crippen LogP contribution is 2.23. The summed E-state index contributed by atoms with van der Waals surface area (Å²) in [5.41, 5.74) is 0.910. The van der Waals surface area contributed by atoms with Crippen LogP contribution >= 0.6 is 27.5 Å². The van der Waals surface area contributed by atoms with Gasteiger partial charge in [-0.2, -0.15) is 0 Å². The second-order valence-corrected chi connectivity index (χ2v) is 3.82. The molecule has 0 saturated heterocycles. The number of benzene rings is 1. The molecular weight excluding hydrogens is 257 g/mol. The summed E-state index contributed by atoms with van der Waals surface area (Å²) >= 11 is 9.01. The molecule has 70 valence electrons. The van der Waals surface area contributed by atoms with Gasteiger partial charge in [0.25, 0.3) is 0 Å². The Morgan fingerprint density at radius 2 is 2.23 bits per heavy atom. The zero-order valence-electron chi connectivity index (χ0n) is 6.67. The summed E-state index contributed by atoms with van der Waals surface area (Å²) in [6.07, 6.45) is 0.433. The number of hydrogen-bond donors (Lipinski definition) is 0. The van der Waals surface area contributed by atoms with E-state index in [1.807, 2.05) is 0 Å². The number of nitrogens with zero attached hydrogens (tertiary/aromatic N) is 1. The Hall–Kier alpha value is -0.610. The Balaban J connectivity index is 2.68. The fraction of sp³-hybridized carbons (Fsp3) is 0.250. The SMILES string of the molecule is O=[N+]([O-])CCc1ccc(Cl)c(Br)c1. The average Bonchev–Trinajstić information content (AvgIpc) is 2.07. The average molecular weight is 265 g/mol. The second kappa shape index (κ2) is 4.58. The lowest BCUT2D eigenvalue weighted by atomic mass is 10.1. The zero-order chi connectivity index (χ0) is 9.84. The first-order chi connectivity index (χ1) is 6.09. The molecule has 0 bridgehead atoms. The lowest BCUT2D eigenvalue weighted by molar-refractivity contribution is -0.479. The molecule has 13 heavy (non-hydrogen) atoms. The van der Waals surface area contributed by atoms with Crippen molar-refractivity contribution in [1.82, 2.24) is 0 Å². The van der Waals surface area contributed by atoms with Crippen molar-refractivity contribution in [1.29, 1.82) is 0 Å². The second-order valence-electron chi connectivity index (χ2n) is 2.55. The molecule has 0 N–H and O–H groups in total. The summed E-state index contributed by atoms with van der Waals surface area (Å²) in [5.74, 6) is 0. The number of hydrogen-bond acceptors (Lipinski definition) is 2. The fourth-order valence-electron chi connectivity index (χ4n) is 0.916.